The van der Waals surface area contributed by atoms with Crippen molar-refractivity contribution in [2.24, 2.45) is 11.8 Å². The van der Waals surface area contributed by atoms with Crippen molar-refractivity contribution in [2.45, 2.75) is 52.5 Å². The molecule has 0 bridgehead atoms. The Hall–Kier alpha value is 0.200. The molecule has 2 atom stereocenters. The summed E-state index contributed by atoms with van der Waals surface area (Å²) in [5.41, 5.74) is 0.169. The fourth-order valence-corrected chi connectivity index (χ4v) is 3.27. The van der Waals surface area contributed by atoms with Crippen molar-refractivity contribution < 1.29 is 4.74 Å². The van der Waals surface area contributed by atoms with Gasteiger partial charge in [0.15, 0.2) is 0 Å². The summed E-state index contributed by atoms with van der Waals surface area (Å²) in [6.07, 6.45) is 3.34. The smallest absolute Gasteiger partial charge is 0.216 e. The Morgan fingerprint density at radius 3 is 1.94 bits per heavy atom. The van der Waals surface area contributed by atoms with Gasteiger partial charge in [0.05, 0.1) is 6.61 Å². The fourth-order valence-electron chi connectivity index (χ4n) is 3.09. The topological polar surface area (TPSA) is 12.5 Å². The summed E-state index contributed by atoms with van der Waals surface area (Å²) in [5, 5.41) is 0. The largest absolute Gasteiger partial charge is 0.479 e. The molecule has 0 saturated heterocycles. The zero-order chi connectivity index (χ0) is 14.3. The minimum Gasteiger partial charge on any atom is -0.479 e. The molecule has 0 N–H and O–H groups in total. The lowest BCUT2D eigenvalue weighted by molar-refractivity contribution is 0.00603. The number of ether oxygens (including phenoxy) is 1. The van der Waals surface area contributed by atoms with E-state index in [2.05, 4.69) is 59.3 Å². The number of hydrogen-bond donors (Lipinski definition) is 1. The van der Waals surface area contributed by atoms with E-state index in [0.717, 1.165) is 6.42 Å². The molecule has 4 heteroatoms. The summed E-state index contributed by atoms with van der Waals surface area (Å²) >= 11 is 8.89. The maximum atomic E-state index is 5.41. The predicted molar refractivity (Wildman–Crippen MR) is 87.5 cm³/mol. The number of thiocarbonyl (C=S) groups is 1. The zero-order valence-corrected chi connectivity index (χ0v) is 14.4. The van der Waals surface area contributed by atoms with Crippen LogP contribution in [0.4, 0.5) is 0 Å². The van der Waals surface area contributed by atoms with E-state index in [1.54, 1.807) is 0 Å². The van der Waals surface area contributed by atoms with Crippen LogP contribution >= 0.6 is 24.8 Å². The Balaban J connectivity index is 5.01. The van der Waals surface area contributed by atoms with Crippen LogP contribution in [0.15, 0.2) is 0 Å². The number of hydrogen-bond acceptors (Lipinski definition) is 3. The van der Waals surface area contributed by atoms with Gasteiger partial charge in [-0.25, -0.2) is 0 Å². The Morgan fingerprint density at radius 1 is 1.22 bits per heavy atom. The van der Waals surface area contributed by atoms with E-state index in [9.17, 15) is 0 Å². The first-order valence-electron chi connectivity index (χ1n) is 6.85. The first-order chi connectivity index (χ1) is 8.32. The third-order valence-electron chi connectivity index (χ3n) is 4.49. The first kappa shape index (κ1) is 18.2. The normalized spacial score (nSPS) is 18.2. The predicted octanol–water partition coefficient (Wildman–Crippen LogP) is 4.00. The monoisotopic (exact) mass is 291 g/mol. The molecule has 108 valence electrons. The van der Waals surface area contributed by atoms with Gasteiger partial charge in [0.1, 0.15) is 0 Å². The highest BCUT2D eigenvalue weighted by molar-refractivity contribution is 8.10. The highest BCUT2D eigenvalue weighted by atomic mass is 32.1. The molecule has 0 amide bonds. The lowest BCUT2D eigenvalue weighted by Gasteiger charge is -2.49. The molecule has 0 radical (unpaired) electrons. The van der Waals surface area contributed by atoms with Crippen LogP contribution in [0.3, 0.4) is 0 Å². The Bertz CT molecular complexity index is 246. The Kier molecular flexibility index (Phi) is 8.48. The van der Waals surface area contributed by atoms with E-state index in [-0.39, 0.29) is 5.54 Å². The van der Waals surface area contributed by atoms with E-state index in [1.807, 2.05) is 0 Å². The molecule has 0 aromatic heterocycles. The fraction of sp³-hybridized carbons (Fsp3) is 0.929. The lowest BCUT2D eigenvalue weighted by atomic mass is 9.70. The van der Waals surface area contributed by atoms with E-state index in [1.165, 1.54) is 12.8 Å². The molecule has 0 spiro atoms. The highest BCUT2D eigenvalue weighted by Crippen LogP contribution is 2.38. The van der Waals surface area contributed by atoms with E-state index in [0.29, 0.717) is 22.8 Å². The second-order valence-corrected chi connectivity index (χ2v) is 6.45. The van der Waals surface area contributed by atoms with Gasteiger partial charge in [0, 0.05) is 12.0 Å². The van der Waals surface area contributed by atoms with Crippen LogP contribution < -0.4 is 0 Å². The molecule has 0 fully saturated rings. The number of thiol groups is 1. The standard InChI is InChI=1S/C14H29NOS2/c1-7-11(3)14(15(5)6,12(4)8-2)9-10-16-13(17)18/h11-12H,7-10H2,1-6H3,(H,17,18). The second-order valence-electron chi connectivity index (χ2n) is 5.37. The third-order valence-corrected chi connectivity index (χ3v) is 4.74. The molecule has 0 heterocycles. The first-order valence-corrected chi connectivity index (χ1v) is 7.71. The average molecular weight is 292 g/mol. The van der Waals surface area contributed by atoms with Crippen LogP contribution in [0.25, 0.3) is 0 Å². The summed E-state index contributed by atoms with van der Waals surface area (Å²) in [6.45, 7) is 9.84. The minimum atomic E-state index is 0.169. The summed E-state index contributed by atoms with van der Waals surface area (Å²) in [6, 6.07) is 0. The summed E-state index contributed by atoms with van der Waals surface area (Å²) in [7, 11) is 4.36. The van der Waals surface area contributed by atoms with Crippen molar-refractivity contribution in [3.63, 3.8) is 0 Å². The van der Waals surface area contributed by atoms with E-state index < -0.39 is 0 Å². The molecule has 0 aromatic carbocycles. The maximum absolute atomic E-state index is 5.41. The van der Waals surface area contributed by atoms with Crippen LogP contribution in [0.5, 0.6) is 0 Å². The van der Waals surface area contributed by atoms with E-state index in [4.69, 9.17) is 17.0 Å². The Labute approximate surface area is 124 Å². The van der Waals surface area contributed by atoms with Crippen molar-refractivity contribution in [2.75, 3.05) is 20.7 Å². The second kappa shape index (κ2) is 8.39. The molecule has 0 rings (SSSR count). The molecular formula is C14H29NOS2. The molecule has 0 aliphatic carbocycles. The van der Waals surface area contributed by atoms with Gasteiger partial charge in [-0.05, 0) is 38.1 Å². The van der Waals surface area contributed by atoms with Gasteiger partial charge in [0.2, 0.25) is 4.38 Å². The van der Waals surface area contributed by atoms with Gasteiger partial charge >= 0.3 is 0 Å². The van der Waals surface area contributed by atoms with Gasteiger partial charge in [0.25, 0.3) is 0 Å². The zero-order valence-electron chi connectivity index (χ0n) is 12.7. The molecule has 2 nitrogen and oxygen atoms in total. The maximum Gasteiger partial charge on any atom is 0.216 e. The summed E-state index contributed by atoms with van der Waals surface area (Å²) in [4.78, 5) is 2.38. The molecule has 0 aliphatic rings. The van der Waals surface area contributed by atoms with Gasteiger partial charge < -0.3 is 9.64 Å². The molecule has 2 unspecified atom stereocenters. The third kappa shape index (κ3) is 4.39. The van der Waals surface area contributed by atoms with Gasteiger partial charge in [-0.1, -0.05) is 53.2 Å². The number of rotatable bonds is 8. The number of nitrogens with zero attached hydrogens (tertiary/aromatic N) is 1. The van der Waals surface area contributed by atoms with Gasteiger partial charge in [-0.3, -0.25) is 0 Å². The van der Waals surface area contributed by atoms with Crippen LogP contribution in [0.2, 0.25) is 0 Å². The molecule has 0 aromatic rings. The summed E-state index contributed by atoms with van der Waals surface area (Å²) < 4.78 is 5.75. The quantitative estimate of drug-likeness (QED) is 0.536. The Morgan fingerprint density at radius 2 is 1.67 bits per heavy atom. The van der Waals surface area contributed by atoms with E-state index >= 15 is 0 Å². The van der Waals surface area contributed by atoms with Crippen molar-refractivity contribution in [1.82, 2.24) is 4.90 Å². The molecule has 0 aliphatic heterocycles. The van der Waals surface area contributed by atoms with Crippen molar-refractivity contribution in [3.05, 3.63) is 0 Å². The van der Waals surface area contributed by atoms with Crippen LogP contribution in [0.1, 0.15) is 47.0 Å². The highest BCUT2D eigenvalue weighted by Gasteiger charge is 2.41. The van der Waals surface area contributed by atoms with Crippen LogP contribution in [0, 0.1) is 11.8 Å². The van der Waals surface area contributed by atoms with Crippen molar-refractivity contribution >= 4 is 29.2 Å². The molecular weight excluding hydrogens is 262 g/mol. The van der Waals surface area contributed by atoms with Crippen molar-refractivity contribution in [3.8, 4) is 0 Å². The van der Waals surface area contributed by atoms with Crippen LogP contribution in [-0.2, 0) is 4.74 Å². The van der Waals surface area contributed by atoms with Gasteiger partial charge in [-0.15, -0.1) is 0 Å². The minimum absolute atomic E-state index is 0.169. The van der Waals surface area contributed by atoms with Crippen molar-refractivity contribution in [1.29, 1.82) is 0 Å². The SMILES string of the molecule is CCC(C)C(CCOC(=S)S)(C(C)CC)N(C)C. The average Bonchev–Trinajstić information content (AvgIpc) is 2.32. The molecule has 0 saturated carbocycles. The van der Waals surface area contributed by atoms with Crippen LogP contribution in [-0.4, -0.2) is 35.5 Å². The summed E-state index contributed by atoms with van der Waals surface area (Å²) in [5.74, 6) is 1.25. The lowest BCUT2D eigenvalue weighted by Crippen LogP contribution is -2.55. The van der Waals surface area contributed by atoms with Gasteiger partial charge in [-0.2, -0.15) is 0 Å². The molecule has 18 heavy (non-hydrogen) atoms.